The predicted octanol–water partition coefficient (Wildman–Crippen LogP) is 2.73. The largest absolute Gasteiger partial charge is 0.493 e. The molecular weight excluding hydrogens is 342 g/mol. The van der Waals surface area contributed by atoms with E-state index in [0.29, 0.717) is 30.2 Å². The molecule has 144 valence electrons. The van der Waals surface area contributed by atoms with E-state index in [1.54, 1.807) is 32.4 Å². The minimum absolute atomic E-state index is 0.0264. The van der Waals surface area contributed by atoms with Gasteiger partial charge in [-0.3, -0.25) is 4.79 Å². The van der Waals surface area contributed by atoms with Gasteiger partial charge in [-0.2, -0.15) is 0 Å². The molecule has 0 atom stereocenters. The van der Waals surface area contributed by atoms with Crippen molar-refractivity contribution >= 4 is 17.3 Å². The van der Waals surface area contributed by atoms with Crippen LogP contribution in [0.25, 0.3) is 0 Å². The first kappa shape index (κ1) is 18.9. The molecule has 1 aliphatic rings. The van der Waals surface area contributed by atoms with Crippen molar-refractivity contribution in [3.63, 3.8) is 0 Å². The summed E-state index contributed by atoms with van der Waals surface area (Å²) < 4.78 is 10.6. The molecule has 1 aliphatic heterocycles. The molecule has 1 fully saturated rings. The Balaban J connectivity index is 1.64. The summed E-state index contributed by atoms with van der Waals surface area (Å²) in [6.45, 7) is 3.03. The molecule has 2 aromatic carbocycles. The predicted molar refractivity (Wildman–Crippen MR) is 108 cm³/mol. The number of carbonyl (C=O) groups excluding carboxylic acids is 1. The molecule has 0 radical (unpaired) electrons. The summed E-state index contributed by atoms with van der Waals surface area (Å²) in [5.41, 5.74) is 3.00. The Labute approximate surface area is 160 Å². The summed E-state index contributed by atoms with van der Waals surface area (Å²) in [4.78, 5) is 19.1. The summed E-state index contributed by atoms with van der Waals surface area (Å²) in [5.74, 6) is 1.22. The van der Waals surface area contributed by atoms with Crippen LogP contribution in [0.1, 0.15) is 10.4 Å². The molecule has 3 rings (SSSR count). The van der Waals surface area contributed by atoms with Gasteiger partial charge < -0.3 is 24.2 Å². The number of piperazine rings is 1. The number of nitrogens with zero attached hydrogens (tertiary/aromatic N) is 3. The standard InChI is InChI=1S/C21H27N3O3/c1-22(2)17-6-8-18(9-7-17)23-11-13-24(14-12-23)21(25)16-5-10-19(26-3)20(15-16)27-4/h5-10,15H,11-14H2,1-4H3. The Morgan fingerprint density at radius 3 is 2.07 bits per heavy atom. The van der Waals surface area contributed by atoms with Gasteiger partial charge in [0.1, 0.15) is 0 Å². The van der Waals surface area contributed by atoms with E-state index in [0.717, 1.165) is 13.1 Å². The fourth-order valence-electron chi connectivity index (χ4n) is 3.28. The van der Waals surface area contributed by atoms with E-state index in [1.165, 1.54) is 11.4 Å². The highest BCUT2D eigenvalue weighted by atomic mass is 16.5. The monoisotopic (exact) mass is 369 g/mol. The van der Waals surface area contributed by atoms with E-state index in [4.69, 9.17) is 9.47 Å². The molecule has 6 heteroatoms. The molecule has 0 spiro atoms. The van der Waals surface area contributed by atoms with E-state index in [9.17, 15) is 4.79 Å². The topological polar surface area (TPSA) is 45.2 Å². The van der Waals surface area contributed by atoms with Crippen LogP contribution in [-0.4, -0.2) is 65.3 Å². The number of rotatable bonds is 5. The third-order valence-corrected chi connectivity index (χ3v) is 4.93. The highest BCUT2D eigenvalue weighted by Crippen LogP contribution is 2.28. The fraction of sp³-hybridized carbons (Fsp3) is 0.381. The van der Waals surface area contributed by atoms with Crippen LogP contribution in [0, 0.1) is 0 Å². The summed E-state index contributed by atoms with van der Waals surface area (Å²) in [7, 11) is 7.23. The molecule has 0 N–H and O–H groups in total. The minimum atomic E-state index is 0.0264. The van der Waals surface area contributed by atoms with E-state index in [1.807, 2.05) is 19.0 Å². The molecule has 2 aromatic rings. The number of amides is 1. The maximum absolute atomic E-state index is 12.8. The van der Waals surface area contributed by atoms with E-state index in [-0.39, 0.29) is 5.91 Å². The van der Waals surface area contributed by atoms with Crippen LogP contribution in [0.5, 0.6) is 11.5 Å². The minimum Gasteiger partial charge on any atom is -0.493 e. The molecule has 0 bridgehead atoms. The number of carbonyl (C=O) groups is 1. The van der Waals surface area contributed by atoms with Crippen LogP contribution in [0.15, 0.2) is 42.5 Å². The quantitative estimate of drug-likeness (QED) is 0.811. The zero-order valence-electron chi connectivity index (χ0n) is 16.4. The Hall–Kier alpha value is -2.89. The first-order valence-electron chi connectivity index (χ1n) is 9.07. The molecule has 0 aliphatic carbocycles. The molecule has 0 saturated carbocycles. The molecule has 0 aromatic heterocycles. The van der Waals surface area contributed by atoms with Crippen LogP contribution in [-0.2, 0) is 0 Å². The fourth-order valence-corrected chi connectivity index (χ4v) is 3.28. The van der Waals surface area contributed by atoms with Crippen molar-refractivity contribution in [1.82, 2.24) is 4.90 Å². The molecule has 1 amide bonds. The van der Waals surface area contributed by atoms with Crippen molar-refractivity contribution < 1.29 is 14.3 Å². The number of hydrogen-bond acceptors (Lipinski definition) is 5. The molecule has 0 unspecified atom stereocenters. The van der Waals surface area contributed by atoms with Gasteiger partial charge in [-0.15, -0.1) is 0 Å². The van der Waals surface area contributed by atoms with Crippen LogP contribution in [0.3, 0.4) is 0 Å². The first-order valence-corrected chi connectivity index (χ1v) is 9.07. The summed E-state index contributed by atoms with van der Waals surface area (Å²) in [5, 5.41) is 0. The lowest BCUT2D eigenvalue weighted by Crippen LogP contribution is -2.48. The summed E-state index contributed by atoms with van der Waals surface area (Å²) >= 11 is 0. The molecule has 1 heterocycles. The normalized spacial score (nSPS) is 14.1. The van der Waals surface area contributed by atoms with Crippen molar-refractivity contribution in [2.75, 3.05) is 64.3 Å². The molecule has 6 nitrogen and oxygen atoms in total. The van der Waals surface area contributed by atoms with Gasteiger partial charge in [0.05, 0.1) is 14.2 Å². The highest BCUT2D eigenvalue weighted by molar-refractivity contribution is 5.95. The SMILES string of the molecule is COc1ccc(C(=O)N2CCN(c3ccc(N(C)C)cc3)CC2)cc1OC. The van der Waals surface area contributed by atoms with Crippen molar-refractivity contribution in [3.8, 4) is 11.5 Å². The van der Waals surface area contributed by atoms with E-state index < -0.39 is 0 Å². The summed E-state index contributed by atoms with van der Waals surface area (Å²) in [6, 6.07) is 13.8. The van der Waals surface area contributed by atoms with Gasteiger partial charge in [-0.05, 0) is 42.5 Å². The second-order valence-corrected chi connectivity index (χ2v) is 6.76. The second-order valence-electron chi connectivity index (χ2n) is 6.76. The van der Waals surface area contributed by atoms with E-state index in [2.05, 4.69) is 34.1 Å². The van der Waals surface area contributed by atoms with Gasteiger partial charge in [-0.1, -0.05) is 0 Å². The maximum Gasteiger partial charge on any atom is 0.254 e. The van der Waals surface area contributed by atoms with Crippen LogP contribution < -0.4 is 19.3 Å². The van der Waals surface area contributed by atoms with Gasteiger partial charge >= 0.3 is 0 Å². The number of anilines is 2. The third-order valence-electron chi connectivity index (χ3n) is 4.93. The second kappa shape index (κ2) is 8.20. The highest BCUT2D eigenvalue weighted by Gasteiger charge is 2.23. The van der Waals surface area contributed by atoms with Crippen LogP contribution >= 0.6 is 0 Å². The zero-order chi connectivity index (χ0) is 19.4. The maximum atomic E-state index is 12.8. The van der Waals surface area contributed by atoms with Gasteiger partial charge in [-0.25, -0.2) is 0 Å². The third kappa shape index (κ3) is 4.10. The Morgan fingerprint density at radius 1 is 0.889 bits per heavy atom. The van der Waals surface area contributed by atoms with Gasteiger partial charge in [0.2, 0.25) is 0 Å². The van der Waals surface area contributed by atoms with Crippen molar-refractivity contribution in [3.05, 3.63) is 48.0 Å². The Morgan fingerprint density at radius 2 is 1.52 bits per heavy atom. The first-order chi connectivity index (χ1) is 13.0. The van der Waals surface area contributed by atoms with E-state index >= 15 is 0 Å². The zero-order valence-corrected chi connectivity index (χ0v) is 16.4. The summed E-state index contributed by atoms with van der Waals surface area (Å²) in [6.07, 6.45) is 0. The smallest absolute Gasteiger partial charge is 0.254 e. The number of methoxy groups -OCH3 is 2. The Kier molecular flexibility index (Phi) is 5.74. The van der Waals surface area contributed by atoms with Crippen molar-refractivity contribution in [2.45, 2.75) is 0 Å². The van der Waals surface area contributed by atoms with Crippen molar-refractivity contribution in [2.24, 2.45) is 0 Å². The molecular formula is C21H27N3O3. The number of hydrogen-bond donors (Lipinski definition) is 0. The number of benzene rings is 2. The lowest BCUT2D eigenvalue weighted by atomic mass is 10.1. The van der Waals surface area contributed by atoms with Gasteiger partial charge in [0.15, 0.2) is 11.5 Å². The molecule has 27 heavy (non-hydrogen) atoms. The van der Waals surface area contributed by atoms with Gasteiger partial charge in [0, 0.05) is 57.2 Å². The average Bonchev–Trinajstić information content (AvgIpc) is 2.72. The lowest BCUT2D eigenvalue weighted by molar-refractivity contribution is 0.0746. The van der Waals surface area contributed by atoms with Crippen LogP contribution in [0.2, 0.25) is 0 Å². The molecule has 1 saturated heterocycles. The lowest BCUT2D eigenvalue weighted by Gasteiger charge is -2.36. The van der Waals surface area contributed by atoms with Crippen LogP contribution in [0.4, 0.5) is 11.4 Å². The van der Waals surface area contributed by atoms with Crippen molar-refractivity contribution in [1.29, 1.82) is 0 Å². The van der Waals surface area contributed by atoms with Gasteiger partial charge in [0.25, 0.3) is 5.91 Å². The Bertz CT molecular complexity index is 782. The average molecular weight is 369 g/mol. The number of ether oxygens (including phenoxy) is 2.